The second kappa shape index (κ2) is 5.20. The van der Waals surface area contributed by atoms with Gasteiger partial charge in [-0.25, -0.2) is 4.98 Å². The number of nitrogens with zero attached hydrogens (tertiary/aromatic N) is 2. The van der Waals surface area contributed by atoms with Crippen molar-refractivity contribution in [2.45, 2.75) is 20.8 Å². The number of anilines is 1. The average molecular weight is 203 g/mol. The van der Waals surface area contributed by atoms with E-state index in [9.17, 15) is 0 Å². The second-order valence-electron chi connectivity index (χ2n) is 2.95. The van der Waals surface area contributed by atoms with Gasteiger partial charge in [0.25, 0.3) is 0 Å². The number of pyridine rings is 1. The molecule has 15 heavy (non-hydrogen) atoms. The molecule has 2 rings (SSSR count). The lowest BCUT2D eigenvalue weighted by atomic mass is 10.2. The van der Waals surface area contributed by atoms with Crippen LogP contribution in [0.1, 0.15) is 19.4 Å². The molecule has 2 aromatic rings. The largest absolute Gasteiger partial charge is 0.382 e. The maximum Gasteiger partial charge on any atom is 0.147 e. The van der Waals surface area contributed by atoms with Gasteiger partial charge in [-0.3, -0.25) is 0 Å². The minimum atomic E-state index is 0.566. The van der Waals surface area contributed by atoms with E-state index in [1.807, 2.05) is 55.9 Å². The van der Waals surface area contributed by atoms with Crippen molar-refractivity contribution >= 4 is 5.82 Å². The normalized spacial score (nSPS) is 9.27. The topological polar surface area (TPSA) is 43.8 Å². The van der Waals surface area contributed by atoms with Gasteiger partial charge in [0.2, 0.25) is 0 Å². The Bertz CT molecular complexity index is 385. The summed E-state index contributed by atoms with van der Waals surface area (Å²) in [6.45, 7) is 6.02. The molecule has 0 aliphatic carbocycles. The van der Waals surface area contributed by atoms with Crippen molar-refractivity contribution in [2.24, 2.45) is 0 Å². The molecule has 2 aromatic heterocycles. The van der Waals surface area contributed by atoms with Crippen molar-refractivity contribution in [2.75, 3.05) is 5.73 Å². The monoisotopic (exact) mass is 203 g/mol. The van der Waals surface area contributed by atoms with Crippen LogP contribution in [0.2, 0.25) is 0 Å². The van der Waals surface area contributed by atoms with Crippen LogP contribution in [0.3, 0.4) is 0 Å². The molecule has 0 radical (unpaired) electrons. The first-order valence-electron chi connectivity index (χ1n) is 5.13. The Labute approximate surface area is 90.6 Å². The Morgan fingerprint density at radius 2 is 1.80 bits per heavy atom. The molecule has 0 unspecified atom stereocenters. The first-order valence-corrected chi connectivity index (χ1v) is 5.13. The van der Waals surface area contributed by atoms with Crippen LogP contribution in [-0.4, -0.2) is 9.55 Å². The summed E-state index contributed by atoms with van der Waals surface area (Å²) in [5, 5.41) is 0. The molecule has 0 amide bonds. The van der Waals surface area contributed by atoms with Crippen LogP contribution >= 0.6 is 0 Å². The highest BCUT2D eigenvalue weighted by atomic mass is 15.0. The van der Waals surface area contributed by atoms with Gasteiger partial charge in [-0.05, 0) is 30.7 Å². The summed E-state index contributed by atoms with van der Waals surface area (Å²) in [6.07, 6.45) is 5.64. The molecule has 0 fully saturated rings. The Balaban J connectivity index is 0.000000531. The highest BCUT2D eigenvalue weighted by molar-refractivity contribution is 5.56. The SMILES string of the molecule is CC.Cc1ccnc(N)c1-n1cccc1. The summed E-state index contributed by atoms with van der Waals surface area (Å²) in [5.41, 5.74) is 7.87. The number of hydrogen-bond donors (Lipinski definition) is 1. The van der Waals surface area contributed by atoms with Crippen LogP contribution in [0.5, 0.6) is 0 Å². The average Bonchev–Trinajstić information content (AvgIpc) is 2.74. The van der Waals surface area contributed by atoms with Crippen molar-refractivity contribution in [3.63, 3.8) is 0 Å². The lowest BCUT2D eigenvalue weighted by molar-refractivity contribution is 1.04. The Morgan fingerprint density at radius 3 is 2.33 bits per heavy atom. The molecule has 0 spiro atoms. The summed E-state index contributed by atoms with van der Waals surface area (Å²) in [6, 6.07) is 5.88. The molecule has 0 saturated heterocycles. The molecular formula is C12H17N3. The fourth-order valence-corrected chi connectivity index (χ4v) is 1.39. The van der Waals surface area contributed by atoms with Crippen molar-refractivity contribution in [1.82, 2.24) is 9.55 Å². The molecule has 3 nitrogen and oxygen atoms in total. The summed E-state index contributed by atoms with van der Waals surface area (Å²) in [4.78, 5) is 4.05. The first-order chi connectivity index (χ1) is 7.29. The quantitative estimate of drug-likeness (QED) is 0.774. The van der Waals surface area contributed by atoms with Crippen molar-refractivity contribution < 1.29 is 0 Å². The first kappa shape index (κ1) is 11.3. The molecule has 0 aliphatic heterocycles. The number of aromatic nitrogens is 2. The van der Waals surface area contributed by atoms with Crippen LogP contribution < -0.4 is 5.73 Å². The second-order valence-corrected chi connectivity index (χ2v) is 2.95. The molecule has 2 N–H and O–H groups in total. The molecule has 2 heterocycles. The maximum atomic E-state index is 5.78. The number of nitrogen functional groups attached to an aromatic ring is 1. The maximum absolute atomic E-state index is 5.78. The third-order valence-corrected chi connectivity index (χ3v) is 2.02. The lowest BCUT2D eigenvalue weighted by Crippen LogP contribution is -2.01. The number of hydrogen-bond acceptors (Lipinski definition) is 2. The number of rotatable bonds is 1. The molecule has 0 bridgehead atoms. The molecular weight excluding hydrogens is 186 g/mol. The third kappa shape index (κ3) is 2.37. The third-order valence-electron chi connectivity index (χ3n) is 2.02. The Kier molecular flexibility index (Phi) is 3.92. The predicted octanol–water partition coefficient (Wildman–Crippen LogP) is 2.79. The van der Waals surface area contributed by atoms with E-state index in [4.69, 9.17) is 5.73 Å². The van der Waals surface area contributed by atoms with Crippen LogP contribution in [0, 0.1) is 6.92 Å². The van der Waals surface area contributed by atoms with Crippen LogP contribution in [0.4, 0.5) is 5.82 Å². The fraction of sp³-hybridized carbons (Fsp3) is 0.250. The van der Waals surface area contributed by atoms with E-state index in [0.717, 1.165) is 11.3 Å². The van der Waals surface area contributed by atoms with E-state index >= 15 is 0 Å². The van der Waals surface area contributed by atoms with E-state index in [-0.39, 0.29) is 0 Å². The van der Waals surface area contributed by atoms with Gasteiger partial charge >= 0.3 is 0 Å². The summed E-state index contributed by atoms with van der Waals surface area (Å²) in [7, 11) is 0. The minimum absolute atomic E-state index is 0.566. The zero-order valence-electron chi connectivity index (χ0n) is 9.44. The van der Waals surface area contributed by atoms with Crippen molar-refractivity contribution in [1.29, 1.82) is 0 Å². The zero-order valence-corrected chi connectivity index (χ0v) is 9.44. The van der Waals surface area contributed by atoms with Gasteiger partial charge in [-0.15, -0.1) is 0 Å². The summed E-state index contributed by atoms with van der Waals surface area (Å²) >= 11 is 0. The molecule has 0 aliphatic rings. The van der Waals surface area contributed by atoms with E-state index in [1.54, 1.807) is 6.20 Å². The smallest absolute Gasteiger partial charge is 0.147 e. The highest BCUT2D eigenvalue weighted by Crippen LogP contribution is 2.18. The van der Waals surface area contributed by atoms with E-state index in [1.165, 1.54) is 0 Å². The van der Waals surface area contributed by atoms with Gasteiger partial charge in [0, 0.05) is 18.6 Å². The van der Waals surface area contributed by atoms with Crippen LogP contribution in [0.15, 0.2) is 36.8 Å². The minimum Gasteiger partial charge on any atom is -0.382 e. The predicted molar refractivity (Wildman–Crippen MR) is 64.1 cm³/mol. The Morgan fingerprint density at radius 1 is 1.20 bits per heavy atom. The lowest BCUT2D eigenvalue weighted by Gasteiger charge is -2.08. The van der Waals surface area contributed by atoms with Gasteiger partial charge in [-0.2, -0.15) is 0 Å². The molecule has 3 heteroatoms. The molecule has 0 saturated carbocycles. The summed E-state index contributed by atoms with van der Waals surface area (Å²) < 4.78 is 1.97. The van der Waals surface area contributed by atoms with Gasteiger partial charge in [-0.1, -0.05) is 13.8 Å². The molecule has 80 valence electrons. The fourth-order valence-electron chi connectivity index (χ4n) is 1.39. The Hall–Kier alpha value is -1.77. The summed E-state index contributed by atoms with van der Waals surface area (Å²) in [5.74, 6) is 0.566. The van der Waals surface area contributed by atoms with Gasteiger partial charge in [0.1, 0.15) is 5.82 Å². The number of aryl methyl sites for hydroxylation is 1. The van der Waals surface area contributed by atoms with E-state index in [0.29, 0.717) is 5.82 Å². The van der Waals surface area contributed by atoms with E-state index < -0.39 is 0 Å². The highest BCUT2D eigenvalue weighted by Gasteiger charge is 2.03. The van der Waals surface area contributed by atoms with Crippen molar-refractivity contribution in [3.05, 3.63) is 42.4 Å². The number of nitrogens with two attached hydrogens (primary N) is 1. The standard InChI is InChI=1S/C10H11N3.C2H6/c1-8-4-5-12-10(11)9(8)13-6-2-3-7-13;1-2/h2-7H,1H3,(H2,11,12);1-2H3. The van der Waals surface area contributed by atoms with Crippen LogP contribution in [0.25, 0.3) is 5.69 Å². The van der Waals surface area contributed by atoms with Gasteiger partial charge in [0.15, 0.2) is 0 Å². The molecule has 0 atom stereocenters. The van der Waals surface area contributed by atoms with Crippen LogP contribution in [-0.2, 0) is 0 Å². The molecule has 0 aromatic carbocycles. The van der Waals surface area contributed by atoms with E-state index in [2.05, 4.69) is 4.98 Å². The van der Waals surface area contributed by atoms with Gasteiger partial charge in [0.05, 0.1) is 5.69 Å². The van der Waals surface area contributed by atoms with Crippen molar-refractivity contribution in [3.8, 4) is 5.69 Å². The van der Waals surface area contributed by atoms with Gasteiger partial charge < -0.3 is 10.3 Å². The zero-order chi connectivity index (χ0) is 11.3.